The molecule has 1 aliphatic heterocycles. The second kappa shape index (κ2) is 4.99. The fraction of sp³-hybridized carbons (Fsp3) is 0.222. The largest absolute Gasteiger partial charge is 0.416 e. The molecule has 1 aliphatic carbocycles. The number of carbonyl (C=O) groups excluding carboxylic acids is 1. The monoisotopic (exact) mass is 469 g/mol. The average molecular weight is 469 g/mol. The maximum Gasteiger partial charge on any atom is 0.416 e. The second-order valence-electron chi connectivity index (χ2n) is 6.76. The van der Waals surface area contributed by atoms with Gasteiger partial charge in [-0.3, -0.25) is 9.89 Å². The van der Waals surface area contributed by atoms with Crippen LogP contribution in [0.1, 0.15) is 29.0 Å². The Hall–Kier alpha value is -2.10. The summed E-state index contributed by atoms with van der Waals surface area (Å²) in [5.41, 5.74) is 1.08. The molecule has 2 heterocycles. The Morgan fingerprint density at radius 3 is 2.77 bits per heavy atom. The zero-order valence-electron chi connectivity index (χ0n) is 13.1. The van der Waals surface area contributed by atoms with Crippen molar-refractivity contribution in [2.24, 2.45) is 0 Å². The summed E-state index contributed by atoms with van der Waals surface area (Å²) in [6, 6.07) is 9.27. The Kier molecular flexibility index (Phi) is 3.09. The number of H-pyrrole nitrogens is 1. The Bertz CT molecular complexity index is 1090. The van der Waals surface area contributed by atoms with Crippen molar-refractivity contribution in [3.63, 3.8) is 0 Å². The number of nitrogens with one attached hydrogen (secondary N) is 2. The molecule has 1 saturated carbocycles. The first-order chi connectivity index (χ1) is 12.3. The van der Waals surface area contributed by atoms with E-state index in [2.05, 4.69) is 38.1 Å². The lowest BCUT2D eigenvalue weighted by Crippen LogP contribution is -2.21. The Labute approximate surface area is 159 Å². The van der Waals surface area contributed by atoms with Crippen molar-refractivity contribution in [3.05, 3.63) is 56.8 Å². The van der Waals surface area contributed by atoms with Crippen LogP contribution in [-0.4, -0.2) is 16.1 Å². The predicted octanol–water partition coefficient (Wildman–Crippen LogP) is 4.56. The Morgan fingerprint density at radius 1 is 1.19 bits per heavy atom. The van der Waals surface area contributed by atoms with Crippen molar-refractivity contribution in [1.29, 1.82) is 0 Å². The summed E-state index contributed by atoms with van der Waals surface area (Å²) in [7, 11) is 0. The first kappa shape index (κ1) is 16.1. The van der Waals surface area contributed by atoms with E-state index in [1.807, 2.05) is 18.2 Å². The molecular formula is C18H11F3IN3O. The number of aromatic nitrogens is 2. The molecule has 2 atom stereocenters. The number of hydrogen-bond acceptors (Lipinski definition) is 2. The third kappa shape index (κ3) is 2.07. The highest BCUT2D eigenvalue weighted by atomic mass is 127. The summed E-state index contributed by atoms with van der Waals surface area (Å²) in [5.74, 6) is -0.367. The molecule has 3 aromatic rings. The van der Waals surface area contributed by atoms with Gasteiger partial charge in [0, 0.05) is 17.0 Å². The van der Waals surface area contributed by atoms with E-state index in [0.717, 1.165) is 32.3 Å². The minimum Gasteiger partial charge on any atom is -0.325 e. The third-order valence-electron chi connectivity index (χ3n) is 5.38. The lowest BCUT2D eigenvalue weighted by atomic mass is 9.90. The van der Waals surface area contributed by atoms with E-state index in [1.165, 1.54) is 6.07 Å². The lowest BCUT2D eigenvalue weighted by Gasteiger charge is -2.12. The first-order valence-electron chi connectivity index (χ1n) is 7.97. The number of amides is 1. The number of benzene rings is 2. The van der Waals surface area contributed by atoms with Crippen molar-refractivity contribution in [2.75, 3.05) is 5.32 Å². The number of halogens is 4. The fourth-order valence-corrected chi connectivity index (χ4v) is 4.58. The molecule has 0 bridgehead atoms. The van der Waals surface area contributed by atoms with Crippen molar-refractivity contribution >= 4 is 45.1 Å². The quantitative estimate of drug-likeness (QED) is 0.514. The van der Waals surface area contributed by atoms with E-state index in [9.17, 15) is 18.0 Å². The highest BCUT2D eigenvalue weighted by Crippen LogP contribution is 2.65. The molecule has 2 aliphatic rings. The van der Waals surface area contributed by atoms with Crippen molar-refractivity contribution in [1.82, 2.24) is 10.2 Å². The Balaban J connectivity index is 1.59. The summed E-state index contributed by atoms with van der Waals surface area (Å²) in [6.45, 7) is 0. The number of aromatic amines is 1. The van der Waals surface area contributed by atoms with E-state index in [4.69, 9.17) is 0 Å². The first-order valence-corrected chi connectivity index (χ1v) is 9.05. The van der Waals surface area contributed by atoms with E-state index in [1.54, 1.807) is 0 Å². The van der Waals surface area contributed by atoms with Gasteiger partial charge in [-0.15, -0.1) is 0 Å². The SMILES string of the molecule is O=C1Nc2ccc(C(F)(F)F)cc2[C@]12CC2c1ccc2c(I)n[nH]c2c1. The average Bonchev–Trinajstić information content (AvgIpc) is 3.16. The van der Waals surface area contributed by atoms with Gasteiger partial charge < -0.3 is 5.32 Å². The van der Waals surface area contributed by atoms with Gasteiger partial charge in [-0.2, -0.15) is 18.3 Å². The number of hydrogen-bond donors (Lipinski definition) is 2. The van der Waals surface area contributed by atoms with Crippen molar-refractivity contribution < 1.29 is 18.0 Å². The van der Waals surface area contributed by atoms with Crippen LogP contribution in [0.3, 0.4) is 0 Å². The highest BCUT2D eigenvalue weighted by molar-refractivity contribution is 14.1. The number of alkyl halides is 3. The normalized spacial score (nSPS) is 24.2. The lowest BCUT2D eigenvalue weighted by molar-refractivity contribution is -0.137. The molecule has 8 heteroatoms. The standard InChI is InChI=1S/C18H11F3IN3O/c19-18(20,21)9-2-4-13-11(6-9)17(16(26)23-13)7-12(17)8-1-3-10-14(5-8)24-25-15(10)22/h1-6,12H,7H2,(H,23,26)(H,24,25)/t12?,17-/m0/s1. The zero-order chi connectivity index (χ0) is 18.3. The topological polar surface area (TPSA) is 57.8 Å². The smallest absolute Gasteiger partial charge is 0.325 e. The van der Waals surface area contributed by atoms with E-state index < -0.39 is 17.2 Å². The van der Waals surface area contributed by atoms with Crippen LogP contribution in [0.25, 0.3) is 10.9 Å². The maximum absolute atomic E-state index is 13.1. The van der Waals surface area contributed by atoms with Crippen LogP contribution in [0.4, 0.5) is 18.9 Å². The number of anilines is 1. The van der Waals surface area contributed by atoms with E-state index in [0.29, 0.717) is 17.7 Å². The fourth-order valence-electron chi connectivity index (χ4n) is 3.99. The second-order valence-corrected chi connectivity index (χ2v) is 7.78. The third-order valence-corrected chi connectivity index (χ3v) is 6.21. The van der Waals surface area contributed by atoms with Gasteiger partial charge in [0.1, 0.15) is 3.70 Å². The Morgan fingerprint density at radius 2 is 2.00 bits per heavy atom. The molecular weight excluding hydrogens is 458 g/mol. The molecule has 26 heavy (non-hydrogen) atoms. The van der Waals surface area contributed by atoms with Gasteiger partial charge in [-0.1, -0.05) is 6.07 Å². The molecule has 4 nitrogen and oxygen atoms in total. The maximum atomic E-state index is 13.1. The van der Waals surface area contributed by atoms with Crippen LogP contribution < -0.4 is 5.32 Å². The minimum absolute atomic E-state index is 0.141. The van der Waals surface area contributed by atoms with Crippen LogP contribution >= 0.6 is 22.6 Å². The van der Waals surface area contributed by atoms with Gasteiger partial charge in [0.05, 0.1) is 16.5 Å². The van der Waals surface area contributed by atoms with Crippen LogP contribution in [0.5, 0.6) is 0 Å². The summed E-state index contributed by atoms with van der Waals surface area (Å²) < 4.78 is 40.2. The van der Waals surface area contributed by atoms with Gasteiger partial charge in [-0.25, -0.2) is 0 Å². The molecule has 1 unspecified atom stereocenters. The van der Waals surface area contributed by atoms with Crippen molar-refractivity contribution in [2.45, 2.75) is 23.9 Å². The predicted molar refractivity (Wildman–Crippen MR) is 97.9 cm³/mol. The summed E-state index contributed by atoms with van der Waals surface area (Å²) in [5, 5.41) is 10.8. The minimum atomic E-state index is -4.43. The molecule has 2 N–H and O–H groups in total. The van der Waals surface area contributed by atoms with Gasteiger partial charge in [0.2, 0.25) is 5.91 Å². The number of fused-ring (bicyclic) bond motifs is 3. The van der Waals surface area contributed by atoms with Crippen LogP contribution in [0.15, 0.2) is 36.4 Å². The van der Waals surface area contributed by atoms with E-state index in [-0.39, 0.29) is 11.8 Å². The van der Waals surface area contributed by atoms with Gasteiger partial charge in [0.15, 0.2) is 0 Å². The van der Waals surface area contributed by atoms with Crippen LogP contribution in [0.2, 0.25) is 0 Å². The van der Waals surface area contributed by atoms with Crippen molar-refractivity contribution in [3.8, 4) is 0 Å². The zero-order valence-corrected chi connectivity index (χ0v) is 15.3. The summed E-state index contributed by atoms with van der Waals surface area (Å²) in [6.07, 6.45) is -3.93. The van der Waals surface area contributed by atoms with Crippen LogP contribution in [0, 0.1) is 3.70 Å². The molecule has 1 spiro atoms. The molecule has 0 saturated heterocycles. The summed E-state index contributed by atoms with van der Waals surface area (Å²) in [4.78, 5) is 12.6. The molecule has 132 valence electrons. The molecule has 1 amide bonds. The summed E-state index contributed by atoms with van der Waals surface area (Å²) >= 11 is 2.13. The van der Waals surface area contributed by atoms with E-state index >= 15 is 0 Å². The molecule has 5 rings (SSSR count). The number of nitrogens with zero attached hydrogens (tertiary/aromatic N) is 1. The van der Waals surface area contributed by atoms with Gasteiger partial charge in [-0.05, 0) is 70.5 Å². The molecule has 1 fully saturated rings. The highest BCUT2D eigenvalue weighted by Gasteiger charge is 2.65. The van der Waals surface area contributed by atoms with Gasteiger partial charge in [0.25, 0.3) is 0 Å². The molecule has 2 aromatic carbocycles. The number of carbonyl (C=O) groups is 1. The van der Waals surface area contributed by atoms with Gasteiger partial charge >= 0.3 is 6.18 Å². The van der Waals surface area contributed by atoms with Crippen LogP contribution in [-0.2, 0) is 16.4 Å². The molecule has 1 aromatic heterocycles. The molecule has 0 radical (unpaired) electrons. The number of rotatable bonds is 1.